The summed E-state index contributed by atoms with van der Waals surface area (Å²) in [4.78, 5) is 9.53. The van der Waals surface area contributed by atoms with Crippen molar-refractivity contribution >= 4 is 17.3 Å². The van der Waals surface area contributed by atoms with Crippen molar-refractivity contribution < 1.29 is 13.2 Å². The second kappa shape index (κ2) is 7.65. The summed E-state index contributed by atoms with van der Waals surface area (Å²) in [5, 5.41) is 10.4. The second-order valence-electron chi connectivity index (χ2n) is 5.09. The Bertz CT molecular complexity index is 704. The molecule has 10 heteroatoms. The molecule has 0 aliphatic heterocycles. The van der Waals surface area contributed by atoms with Crippen LogP contribution in [0.25, 0.3) is 0 Å². The Labute approximate surface area is 141 Å². The Morgan fingerprint density at radius 2 is 2.12 bits per heavy atom. The molecule has 0 aliphatic carbocycles. The Kier molecular flexibility index (Phi) is 5.81. The average molecular weight is 360 g/mol. The summed E-state index contributed by atoms with van der Waals surface area (Å²) in [5.41, 5.74) is -0.868. The SMILES string of the molecule is CCNC(=NCc1cn(C)nc1C(F)(F)F)NCc1ncc(C)s1. The lowest BCUT2D eigenvalue weighted by Gasteiger charge is -2.10. The van der Waals surface area contributed by atoms with E-state index in [-0.39, 0.29) is 12.1 Å². The van der Waals surface area contributed by atoms with Crippen LogP contribution in [0.4, 0.5) is 13.2 Å². The zero-order valence-corrected chi connectivity index (χ0v) is 14.4. The van der Waals surface area contributed by atoms with E-state index in [2.05, 4.69) is 25.7 Å². The zero-order chi connectivity index (χ0) is 17.7. The first-order valence-corrected chi connectivity index (χ1v) is 8.14. The predicted octanol–water partition coefficient (Wildman–Crippen LogP) is 2.46. The molecule has 0 fully saturated rings. The molecule has 2 aromatic heterocycles. The van der Waals surface area contributed by atoms with E-state index in [1.165, 1.54) is 13.2 Å². The molecule has 2 N–H and O–H groups in total. The normalized spacial score (nSPS) is 12.5. The number of aliphatic imine (C=N–C) groups is 1. The van der Waals surface area contributed by atoms with Gasteiger partial charge in [-0.3, -0.25) is 4.68 Å². The van der Waals surface area contributed by atoms with Gasteiger partial charge in [0, 0.05) is 36.4 Å². The lowest BCUT2D eigenvalue weighted by Crippen LogP contribution is -2.36. The van der Waals surface area contributed by atoms with Gasteiger partial charge in [-0.2, -0.15) is 18.3 Å². The molecule has 0 aromatic carbocycles. The highest BCUT2D eigenvalue weighted by atomic mass is 32.1. The van der Waals surface area contributed by atoms with Gasteiger partial charge >= 0.3 is 6.18 Å². The molecule has 0 amide bonds. The number of hydrogen-bond donors (Lipinski definition) is 2. The molecular weight excluding hydrogens is 341 g/mol. The van der Waals surface area contributed by atoms with E-state index in [1.54, 1.807) is 17.5 Å². The van der Waals surface area contributed by atoms with E-state index in [0.29, 0.717) is 19.0 Å². The van der Waals surface area contributed by atoms with Crippen LogP contribution in [0, 0.1) is 6.92 Å². The van der Waals surface area contributed by atoms with E-state index in [9.17, 15) is 13.2 Å². The van der Waals surface area contributed by atoms with Crippen molar-refractivity contribution in [2.45, 2.75) is 33.1 Å². The smallest absolute Gasteiger partial charge is 0.357 e. The van der Waals surface area contributed by atoms with Crippen LogP contribution in [-0.4, -0.2) is 27.3 Å². The third-order valence-corrected chi connectivity index (χ3v) is 3.91. The molecule has 0 radical (unpaired) electrons. The highest BCUT2D eigenvalue weighted by Gasteiger charge is 2.36. The number of aryl methyl sites for hydroxylation is 2. The van der Waals surface area contributed by atoms with Gasteiger partial charge in [-0.05, 0) is 13.8 Å². The number of thiazole rings is 1. The quantitative estimate of drug-likeness (QED) is 0.635. The van der Waals surface area contributed by atoms with Gasteiger partial charge in [0.05, 0.1) is 13.1 Å². The minimum Gasteiger partial charge on any atom is -0.357 e. The molecule has 0 unspecified atom stereocenters. The van der Waals surface area contributed by atoms with E-state index in [0.717, 1.165) is 14.6 Å². The molecule has 0 bridgehead atoms. The van der Waals surface area contributed by atoms with Crippen molar-refractivity contribution in [3.8, 4) is 0 Å². The molecular formula is C14H19F3N6S. The van der Waals surface area contributed by atoms with Crippen LogP contribution in [0.15, 0.2) is 17.4 Å². The summed E-state index contributed by atoms with van der Waals surface area (Å²) in [5.74, 6) is 0.433. The number of rotatable bonds is 5. The molecule has 0 aliphatic rings. The number of hydrogen-bond acceptors (Lipinski definition) is 4. The number of nitrogens with zero attached hydrogens (tertiary/aromatic N) is 4. The van der Waals surface area contributed by atoms with Crippen LogP contribution in [0.5, 0.6) is 0 Å². The molecule has 132 valence electrons. The van der Waals surface area contributed by atoms with Crippen molar-refractivity contribution in [1.29, 1.82) is 0 Å². The Morgan fingerprint density at radius 3 is 2.71 bits per heavy atom. The monoisotopic (exact) mass is 360 g/mol. The molecule has 0 spiro atoms. The van der Waals surface area contributed by atoms with Gasteiger partial charge in [-0.1, -0.05) is 0 Å². The molecule has 2 aromatic rings. The van der Waals surface area contributed by atoms with Gasteiger partial charge in [-0.25, -0.2) is 9.98 Å². The predicted molar refractivity (Wildman–Crippen MR) is 86.7 cm³/mol. The number of guanidine groups is 1. The summed E-state index contributed by atoms with van der Waals surface area (Å²) in [7, 11) is 1.46. The lowest BCUT2D eigenvalue weighted by atomic mass is 10.2. The number of aromatic nitrogens is 3. The van der Waals surface area contributed by atoms with Gasteiger partial charge in [0.25, 0.3) is 0 Å². The first kappa shape index (κ1) is 18.2. The molecule has 2 rings (SSSR count). The summed E-state index contributed by atoms with van der Waals surface area (Å²) in [6.45, 7) is 4.79. The zero-order valence-electron chi connectivity index (χ0n) is 13.6. The summed E-state index contributed by atoms with van der Waals surface area (Å²) in [6.07, 6.45) is -1.38. The fourth-order valence-electron chi connectivity index (χ4n) is 2.04. The van der Waals surface area contributed by atoms with Gasteiger partial charge in [0.15, 0.2) is 11.7 Å². The summed E-state index contributed by atoms with van der Waals surface area (Å²) in [6, 6.07) is 0. The van der Waals surface area contributed by atoms with Crippen molar-refractivity contribution in [1.82, 2.24) is 25.4 Å². The Balaban J connectivity index is 2.08. The largest absolute Gasteiger partial charge is 0.435 e. The topological polar surface area (TPSA) is 67.1 Å². The molecule has 0 atom stereocenters. The number of alkyl halides is 3. The third-order valence-electron chi connectivity index (χ3n) is 3.00. The fourth-order valence-corrected chi connectivity index (χ4v) is 2.77. The maximum Gasteiger partial charge on any atom is 0.435 e. The Hall–Kier alpha value is -2.10. The number of nitrogens with one attached hydrogen (secondary N) is 2. The van der Waals surface area contributed by atoms with Crippen LogP contribution >= 0.6 is 11.3 Å². The van der Waals surface area contributed by atoms with Gasteiger partial charge in [0.2, 0.25) is 0 Å². The van der Waals surface area contributed by atoms with Gasteiger partial charge in [0.1, 0.15) is 5.01 Å². The van der Waals surface area contributed by atoms with Crippen molar-refractivity contribution in [2.24, 2.45) is 12.0 Å². The van der Waals surface area contributed by atoms with E-state index in [4.69, 9.17) is 0 Å². The van der Waals surface area contributed by atoms with Gasteiger partial charge < -0.3 is 10.6 Å². The Morgan fingerprint density at radius 1 is 1.38 bits per heavy atom. The average Bonchev–Trinajstić information content (AvgIpc) is 3.07. The molecule has 0 saturated carbocycles. The minimum absolute atomic E-state index is 0.0345. The molecule has 2 heterocycles. The lowest BCUT2D eigenvalue weighted by molar-refractivity contribution is -0.142. The highest BCUT2D eigenvalue weighted by molar-refractivity contribution is 7.11. The van der Waals surface area contributed by atoms with E-state index in [1.807, 2.05) is 13.8 Å². The fraction of sp³-hybridized carbons (Fsp3) is 0.500. The van der Waals surface area contributed by atoms with E-state index >= 15 is 0 Å². The van der Waals surface area contributed by atoms with Crippen molar-refractivity contribution in [3.05, 3.63) is 33.5 Å². The van der Waals surface area contributed by atoms with E-state index < -0.39 is 11.9 Å². The highest BCUT2D eigenvalue weighted by Crippen LogP contribution is 2.30. The van der Waals surface area contributed by atoms with Gasteiger partial charge in [-0.15, -0.1) is 11.3 Å². The van der Waals surface area contributed by atoms with Crippen LogP contribution in [0.1, 0.15) is 28.1 Å². The maximum atomic E-state index is 12.9. The van der Waals surface area contributed by atoms with Crippen LogP contribution in [0.3, 0.4) is 0 Å². The summed E-state index contributed by atoms with van der Waals surface area (Å²) < 4.78 is 40.0. The standard InChI is InChI=1S/C14H19F3N6S/c1-4-18-13(21-7-11-19-5-9(2)24-11)20-6-10-8-23(3)22-12(10)14(15,16)17/h5,8H,4,6-7H2,1-3H3,(H2,18,20,21). The van der Waals surface area contributed by atoms with Crippen molar-refractivity contribution in [2.75, 3.05) is 6.54 Å². The first-order valence-electron chi connectivity index (χ1n) is 7.32. The van der Waals surface area contributed by atoms with Crippen LogP contribution < -0.4 is 10.6 Å². The second-order valence-corrected chi connectivity index (χ2v) is 6.41. The van der Waals surface area contributed by atoms with Crippen molar-refractivity contribution in [3.63, 3.8) is 0 Å². The van der Waals surface area contributed by atoms with Crippen LogP contribution in [-0.2, 0) is 26.3 Å². The molecule has 24 heavy (non-hydrogen) atoms. The maximum absolute atomic E-state index is 12.9. The first-order chi connectivity index (χ1) is 11.3. The minimum atomic E-state index is -4.49. The third kappa shape index (κ3) is 4.95. The summed E-state index contributed by atoms with van der Waals surface area (Å²) >= 11 is 1.55. The molecule has 6 nitrogen and oxygen atoms in total. The molecule has 0 saturated heterocycles. The van der Waals surface area contributed by atoms with Crippen LogP contribution in [0.2, 0.25) is 0 Å². The number of halogens is 3.